The third kappa shape index (κ3) is 0.701. The standard InChI is InChI=1S/C7H10N2O/c1-7(2-3-7)5-4-6(8)10-9-5/h4H,2-3,8H2,1H3. The highest BCUT2D eigenvalue weighted by atomic mass is 16.5. The van der Waals surface area contributed by atoms with Crippen molar-refractivity contribution in [3.05, 3.63) is 11.8 Å². The van der Waals surface area contributed by atoms with Crippen LogP contribution in [0.5, 0.6) is 0 Å². The third-order valence-corrected chi connectivity index (χ3v) is 2.15. The van der Waals surface area contributed by atoms with E-state index in [-0.39, 0.29) is 5.41 Å². The SMILES string of the molecule is CC1(c2cc(N)on2)CC1. The molecule has 0 saturated heterocycles. The van der Waals surface area contributed by atoms with Gasteiger partial charge in [0.25, 0.3) is 0 Å². The highest BCUT2D eigenvalue weighted by molar-refractivity contribution is 5.31. The molecule has 1 fully saturated rings. The maximum Gasteiger partial charge on any atom is 0.222 e. The number of hydrogen-bond acceptors (Lipinski definition) is 3. The zero-order valence-electron chi connectivity index (χ0n) is 5.92. The Morgan fingerprint density at radius 2 is 2.40 bits per heavy atom. The maximum atomic E-state index is 5.37. The topological polar surface area (TPSA) is 52.0 Å². The molecule has 10 heavy (non-hydrogen) atoms. The van der Waals surface area contributed by atoms with Crippen LogP contribution in [-0.4, -0.2) is 5.16 Å². The molecule has 1 aromatic heterocycles. The molecule has 0 spiro atoms. The molecule has 0 unspecified atom stereocenters. The lowest BCUT2D eigenvalue weighted by Gasteiger charge is -1.97. The van der Waals surface area contributed by atoms with Gasteiger partial charge < -0.3 is 10.3 Å². The van der Waals surface area contributed by atoms with E-state index in [1.165, 1.54) is 12.8 Å². The van der Waals surface area contributed by atoms with E-state index >= 15 is 0 Å². The number of rotatable bonds is 1. The maximum absolute atomic E-state index is 5.37. The Labute approximate surface area is 59.2 Å². The smallest absolute Gasteiger partial charge is 0.222 e. The summed E-state index contributed by atoms with van der Waals surface area (Å²) in [6, 6.07) is 1.81. The van der Waals surface area contributed by atoms with Gasteiger partial charge in [-0.05, 0) is 12.8 Å². The number of anilines is 1. The van der Waals surface area contributed by atoms with Crippen LogP contribution in [0.15, 0.2) is 10.6 Å². The lowest BCUT2D eigenvalue weighted by Crippen LogP contribution is -1.98. The van der Waals surface area contributed by atoms with Crippen LogP contribution >= 0.6 is 0 Å². The predicted molar refractivity (Wildman–Crippen MR) is 37.5 cm³/mol. The molecule has 2 N–H and O–H groups in total. The fourth-order valence-corrected chi connectivity index (χ4v) is 1.02. The van der Waals surface area contributed by atoms with Gasteiger partial charge in [-0.3, -0.25) is 0 Å². The average molecular weight is 138 g/mol. The minimum absolute atomic E-state index is 0.279. The van der Waals surface area contributed by atoms with Gasteiger partial charge >= 0.3 is 0 Å². The van der Waals surface area contributed by atoms with Gasteiger partial charge in [-0.2, -0.15) is 0 Å². The van der Waals surface area contributed by atoms with E-state index in [0.717, 1.165) is 5.69 Å². The zero-order valence-corrected chi connectivity index (χ0v) is 5.92. The molecule has 0 radical (unpaired) electrons. The van der Waals surface area contributed by atoms with Crippen LogP contribution in [0.3, 0.4) is 0 Å². The lowest BCUT2D eigenvalue weighted by molar-refractivity contribution is 0.420. The van der Waals surface area contributed by atoms with Crippen LogP contribution in [0.4, 0.5) is 5.88 Å². The van der Waals surface area contributed by atoms with Crippen LogP contribution in [0, 0.1) is 0 Å². The van der Waals surface area contributed by atoms with E-state index in [1.807, 2.05) is 6.07 Å². The van der Waals surface area contributed by atoms with E-state index in [2.05, 4.69) is 12.1 Å². The summed E-state index contributed by atoms with van der Waals surface area (Å²) in [5.74, 6) is 0.420. The van der Waals surface area contributed by atoms with Gasteiger partial charge in [-0.25, -0.2) is 0 Å². The molecule has 0 atom stereocenters. The normalized spacial score (nSPS) is 20.9. The molecule has 1 aromatic rings. The first kappa shape index (κ1) is 5.77. The van der Waals surface area contributed by atoms with Crippen LogP contribution in [0.1, 0.15) is 25.5 Å². The first-order valence-corrected chi connectivity index (χ1v) is 3.43. The molecule has 1 saturated carbocycles. The fraction of sp³-hybridized carbons (Fsp3) is 0.571. The van der Waals surface area contributed by atoms with E-state index < -0.39 is 0 Å². The molecule has 0 aliphatic heterocycles. The van der Waals surface area contributed by atoms with Crippen molar-refractivity contribution in [2.45, 2.75) is 25.2 Å². The Hall–Kier alpha value is -0.990. The fourth-order valence-electron chi connectivity index (χ4n) is 1.02. The molecule has 1 aliphatic rings. The molecule has 3 nitrogen and oxygen atoms in total. The molecule has 1 aliphatic carbocycles. The van der Waals surface area contributed by atoms with Gasteiger partial charge in [0.2, 0.25) is 5.88 Å². The Morgan fingerprint density at radius 1 is 1.70 bits per heavy atom. The summed E-state index contributed by atoms with van der Waals surface area (Å²) in [6.45, 7) is 2.17. The Balaban J connectivity index is 2.34. The predicted octanol–water partition coefficient (Wildman–Crippen LogP) is 1.31. The minimum atomic E-state index is 0.279. The van der Waals surface area contributed by atoms with Crippen LogP contribution in [-0.2, 0) is 5.41 Å². The summed E-state index contributed by atoms with van der Waals surface area (Å²) >= 11 is 0. The summed E-state index contributed by atoms with van der Waals surface area (Å²) in [7, 11) is 0. The van der Waals surface area contributed by atoms with Crippen molar-refractivity contribution in [3.63, 3.8) is 0 Å². The molecular formula is C7H10N2O. The second-order valence-electron chi connectivity index (χ2n) is 3.18. The molecule has 3 heteroatoms. The van der Waals surface area contributed by atoms with Crippen LogP contribution in [0.25, 0.3) is 0 Å². The Bertz CT molecular complexity index is 250. The largest absolute Gasteiger partial charge is 0.368 e. The molecular weight excluding hydrogens is 128 g/mol. The van der Waals surface area contributed by atoms with E-state index in [4.69, 9.17) is 10.3 Å². The van der Waals surface area contributed by atoms with Crippen LogP contribution in [0.2, 0.25) is 0 Å². The third-order valence-electron chi connectivity index (χ3n) is 2.15. The highest BCUT2D eigenvalue weighted by Crippen LogP contribution is 2.47. The van der Waals surface area contributed by atoms with Crippen molar-refractivity contribution in [1.82, 2.24) is 5.16 Å². The number of nitrogens with two attached hydrogens (primary N) is 1. The second kappa shape index (κ2) is 1.54. The molecule has 0 amide bonds. The molecule has 1 heterocycles. The Morgan fingerprint density at radius 3 is 2.80 bits per heavy atom. The highest BCUT2D eigenvalue weighted by Gasteiger charge is 2.41. The number of nitrogen functional groups attached to an aromatic ring is 1. The van der Waals surface area contributed by atoms with Crippen molar-refractivity contribution >= 4 is 5.88 Å². The number of nitrogens with zero attached hydrogens (tertiary/aromatic N) is 1. The van der Waals surface area contributed by atoms with Crippen LogP contribution < -0.4 is 5.73 Å². The van der Waals surface area contributed by atoms with Crippen molar-refractivity contribution in [2.75, 3.05) is 5.73 Å². The van der Waals surface area contributed by atoms with Gasteiger partial charge in [-0.15, -0.1) is 0 Å². The van der Waals surface area contributed by atoms with E-state index in [1.54, 1.807) is 0 Å². The van der Waals surface area contributed by atoms with E-state index in [9.17, 15) is 0 Å². The van der Waals surface area contributed by atoms with Gasteiger partial charge in [0.05, 0.1) is 5.69 Å². The molecule has 0 bridgehead atoms. The minimum Gasteiger partial charge on any atom is -0.368 e. The monoisotopic (exact) mass is 138 g/mol. The van der Waals surface area contributed by atoms with Crippen molar-refractivity contribution in [1.29, 1.82) is 0 Å². The summed E-state index contributed by atoms with van der Waals surface area (Å²) in [6.07, 6.45) is 2.41. The summed E-state index contributed by atoms with van der Waals surface area (Å²) in [5, 5.41) is 3.85. The Kier molecular flexibility index (Phi) is 0.886. The molecule has 0 aromatic carbocycles. The summed E-state index contributed by atoms with van der Waals surface area (Å²) in [5.41, 5.74) is 6.66. The van der Waals surface area contributed by atoms with Crippen molar-refractivity contribution in [2.24, 2.45) is 0 Å². The summed E-state index contributed by atoms with van der Waals surface area (Å²) < 4.78 is 4.76. The first-order valence-electron chi connectivity index (χ1n) is 3.43. The van der Waals surface area contributed by atoms with Crippen molar-refractivity contribution < 1.29 is 4.52 Å². The quantitative estimate of drug-likeness (QED) is 0.636. The number of aromatic nitrogens is 1. The van der Waals surface area contributed by atoms with E-state index in [0.29, 0.717) is 5.88 Å². The van der Waals surface area contributed by atoms with Gasteiger partial charge in [0.1, 0.15) is 0 Å². The second-order valence-corrected chi connectivity index (χ2v) is 3.18. The van der Waals surface area contributed by atoms with Gasteiger partial charge in [0.15, 0.2) is 0 Å². The molecule has 2 rings (SSSR count). The summed E-state index contributed by atoms with van der Waals surface area (Å²) in [4.78, 5) is 0. The van der Waals surface area contributed by atoms with Crippen molar-refractivity contribution in [3.8, 4) is 0 Å². The van der Waals surface area contributed by atoms with Gasteiger partial charge in [-0.1, -0.05) is 12.1 Å². The number of hydrogen-bond donors (Lipinski definition) is 1. The zero-order chi connectivity index (χ0) is 7.19. The van der Waals surface area contributed by atoms with Gasteiger partial charge in [0, 0.05) is 11.5 Å². The lowest BCUT2D eigenvalue weighted by atomic mass is 10.1. The average Bonchev–Trinajstić information content (AvgIpc) is 2.45. The molecule has 54 valence electrons. The first-order chi connectivity index (χ1) is 4.71.